The molecule has 2 amide bonds. The van der Waals surface area contributed by atoms with Gasteiger partial charge in [0.05, 0.1) is 18.8 Å². The molecule has 0 spiro atoms. The van der Waals surface area contributed by atoms with Crippen molar-refractivity contribution in [2.24, 2.45) is 16.9 Å². The van der Waals surface area contributed by atoms with E-state index in [1.807, 2.05) is 30.3 Å². The van der Waals surface area contributed by atoms with Crippen LogP contribution in [-0.2, 0) is 9.59 Å². The first-order valence-electron chi connectivity index (χ1n) is 11.0. The van der Waals surface area contributed by atoms with Gasteiger partial charge in [0.2, 0.25) is 5.91 Å². The number of carbonyl (C=O) groups excluding carboxylic acids is 2. The molecule has 3 heterocycles. The zero-order valence-corrected chi connectivity index (χ0v) is 17.4. The summed E-state index contributed by atoms with van der Waals surface area (Å²) < 4.78 is 0. The van der Waals surface area contributed by atoms with E-state index in [9.17, 15) is 9.59 Å². The van der Waals surface area contributed by atoms with Gasteiger partial charge in [-0.15, -0.1) is 0 Å². The SMILES string of the molecule is CC1CCN(C(=O)C2CCN(CC(=O)N3CCC(c4ccccc4)=N3)CC2)CC1. The van der Waals surface area contributed by atoms with Crippen LogP contribution in [0.15, 0.2) is 35.4 Å². The summed E-state index contributed by atoms with van der Waals surface area (Å²) in [5.74, 6) is 1.26. The molecule has 4 rings (SSSR count). The van der Waals surface area contributed by atoms with Gasteiger partial charge in [-0.2, -0.15) is 5.10 Å². The fraction of sp³-hybridized carbons (Fsp3) is 0.609. The van der Waals surface area contributed by atoms with E-state index in [4.69, 9.17) is 0 Å². The Labute approximate surface area is 173 Å². The highest BCUT2D eigenvalue weighted by molar-refractivity contribution is 6.02. The normalized spacial score (nSPS) is 22.0. The molecule has 0 N–H and O–H groups in total. The van der Waals surface area contributed by atoms with E-state index in [0.717, 1.165) is 75.5 Å². The van der Waals surface area contributed by atoms with E-state index in [1.165, 1.54) is 0 Å². The molecule has 0 saturated carbocycles. The minimum atomic E-state index is 0.0609. The molecule has 0 aromatic heterocycles. The molecule has 0 atom stereocenters. The predicted molar refractivity (Wildman–Crippen MR) is 113 cm³/mol. The smallest absolute Gasteiger partial charge is 0.256 e. The lowest BCUT2D eigenvalue weighted by atomic mass is 9.92. The molecule has 29 heavy (non-hydrogen) atoms. The molecular weight excluding hydrogens is 364 g/mol. The summed E-state index contributed by atoms with van der Waals surface area (Å²) in [6, 6.07) is 10.1. The van der Waals surface area contributed by atoms with E-state index < -0.39 is 0 Å². The van der Waals surface area contributed by atoms with Crippen molar-refractivity contribution in [2.45, 2.75) is 39.0 Å². The number of hydrazone groups is 1. The van der Waals surface area contributed by atoms with Crippen LogP contribution < -0.4 is 0 Å². The molecule has 2 fully saturated rings. The number of benzene rings is 1. The van der Waals surface area contributed by atoms with E-state index in [2.05, 4.69) is 21.8 Å². The third-order valence-corrected chi connectivity index (χ3v) is 6.59. The summed E-state index contributed by atoms with van der Waals surface area (Å²) in [6.07, 6.45) is 4.77. The van der Waals surface area contributed by atoms with Crippen LogP contribution >= 0.6 is 0 Å². The van der Waals surface area contributed by atoms with Crippen molar-refractivity contribution in [3.8, 4) is 0 Å². The van der Waals surface area contributed by atoms with Gasteiger partial charge in [0.15, 0.2) is 0 Å². The van der Waals surface area contributed by atoms with Gasteiger partial charge in [0.25, 0.3) is 5.91 Å². The van der Waals surface area contributed by atoms with Crippen molar-refractivity contribution < 1.29 is 9.59 Å². The molecule has 156 valence electrons. The molecule has 3 aliphatic rings. The van der Waals surface area contributed by atoms with Crippen LogP contribution in [0, 0.1) is 11.8 Å². The fourth-order valence-corrected chi connectivity index (χ4v) is 4.57. The van der Waals surface area contributed by atoms with Gasteiger partial charge in [-0.1, -0.05) is 37.3 Å². The number of carbonyl (C=O) groups is 2. The minimum Gasteiger partial charge on any atom is -0.342 e. The molecule has 0 radical (unpaired) electrons. The van der Waals surface area contributed by atoms with Crippen molar-refractivity contribution in [1.29, 1.82) is 0 Å². The maximum absolute atomic E-state index is 12.8. The number of amides is 2. The lowest BCUT2D eigenvalue weighted by Gasteiger charge is -2.36. The maximum Gasteiger partial charge on any atom is 0.256 e. The Balaban J connectivity index is 1.24. The Hall–Kier alpha value is -2.21. The van der Waals surface area contributed by atoms with E-state index >= 15 is 0 Å². The predicted octanol–water partition coefficient (Wildman–Crippen LogP) is 2.59. The Bertz CT molecular complexity index is 747. The highest BCUT2D eigenvalue weighted by Crippen LogP contribution is 2.24. The zero-order chi connectivity index (χ0) is 20.2. The van der Waals surface area contributed by atoms with Gasteiger partial charge < -0.3 is 4.90 Å². The van der Waals surface area contributed by atoms with Crippen molar-refractivity contribution in [2.75, 3.05) is 39.3 Å². The first-order valence-corrected chi connectivity index (χ1v) is 11.0. The minimum absolute atomic E-state index is 0.0609. The van der Waals surface area contributed by atoms with E-state index in [1.54, 1.807) is 5.01 Å². The molecule has 0 unspecified atom stereocenters. The van der Waals surface area contributed by atoms with Crippen LogP contribution in [0.4, 0.5) is 0 Å². The first kappa shape index (κ1) is 20.1. The summed E-state index contributed by atoms with van der Waals surface area (Å²) in [4.78, 5) is 29.7. The van der Waals surface area contributed by atoms with Gasteiger partial charge in [-0.25, -0.2) is 5.01 Å². The summed E-state index contributed by atoms with van der Waals surface area (Å²) in [6.45, 7) is 6.78. The van der Waals surface area contributed by atoms with Crippen molar-refractivity contribution in [1.82, 2.24) is 14.8 Å². The van der Waals surface area contributed by atoms with Crippen LogP contribution in [0.2, 0.25) is 0 Å². The zero-order valence-electron chi connectivity index (χ0n) is 17.4. The average molecular weight is 397 g/mol. The monoisotopic (exact) mass is 396 g/mol. The maximum atomic E-state index is 12.8. The standard InChI is InChI=1S/C23H32N4O2/c1-18-7-14-26(15-8-18)23(29)20-9-12-25(13-10-20)17-22(28)27-16-11-21(24-27)19-5-3-2-4-6-19/h2-6,18,20H,7-17H2,1H3. The van der Waals surface area contributed by atoms with Crippen LogP contribution in [0.3, 0.4) is 0 Å². The van der Waals surface area contributed by atoms with Crippen LogP contribution in [0.25, 0.3) is 0 Å². The van der Waals surface area contributed by atoms with Gasteiger partial charge in [-0.05, 0) is 50.3 Å². The Kier molecular flexibility index (Phi) is 6.28. The summed E-state index contributed by atoms with van der Waals surface area (Å²) >= 11 is 0. The molecule has 2 saturated heterocycles. The quantitative estimate of drug-likeness (QED) is 0.786. The molecule has 1 aromatic carbocycles. The second kappa shape index (κ2) is 9.08. The molecule has 6 heteroatoms. The third-order valence-electron chi connectivity index (χ3n) is 6.59. The van der Waals surface area contributed by atoms with Gasteiger partial charge in [0, 0.05) is 25.4 Å². The van der Waals surface area contributed by atoms with Crippen molar-refractivity contribution in [3.05, 3.63) is 35.9 Å². The van der Waals surface area contributed by atoms with Crippen molar-refractivity contribution in [3.63, 3.8) is 0 Å². The van der Waals surface area contributed by atoms with E-state index in [-0.39, 0.29) is 11.8 Å². The number of piperidine rings is 2. The number of hydrogen-bond donors (Lipinski definition) is 0. The molecule has 6 nitrogen and oxygen atoms in total. The number of nitrogens with zero attached hydrogens (tertiary/aromatic N) is 4. The molecule has 0 aliphatic carbocycles. The Morgan fingerprint density at radius 2 is 1.66 bits per heavy atom. The van der Waals surface area contributed by atoms with Crippen molar-refractivity contribution >= 4 is 17.5 Å². The number of likely N-dealkylation sites (tertiary alicyclic amines) is 2. The summed E-state index contributed by atoms with van der Waals surface area (Å²) in [7, 11) is 0. The number of rotatable bonds is 4. The molecule has 3 aliphatic heterocycles. The summed E-state index contributed by atoms with van der Waals surface area (Å²) in [5, 5.41) is 6.17. The molecular formula is C23H32N4O2. The second-order valence-corrected chi connectivity index (χ2v) is 8.74. The van der Waals surface area contributed by atoms with Gasteiger partial charge in [0.1, 0.15) is 0 Å². The lowest BCUT2D eigenvalue weighted by molar-refractivity contribution is -0.138. The molecule has 1 aromatic rings. The topological polar surface area (TPSA) is 56.2 Å². The van der Waals surface area contributed by atoms with Crippen LogP contribution in [-0.4, -0.2) is 71.6 Å². The highest BCUT2D eigenvalue weighted by atomic mass is 16.2. The van der Waals surface area contributed by atoms with Gasteiger partial charge >= 0.3 is 0 Å². The van der Waals surface area contributed by atoms with Crippen LogP contribution in [0.1, 0.15) is 44.6 Å². The van der Waals surface area contributed by atoms with E-state index in [0.29, 0.717) is 19.0 Å². The first-order chi connectivity index (χ1) is 14.1. The second-order valence-electron chi connectivity index (χ2n) is 8.74. The number of hydrogen-bond acceptors (Lipinski definition) is 4. The van der Waals surface area contributed by atoms with Gasteiger partial charge in [-0.3, -0.25) is 14.5 Å². The largest absolute Gasteiger partial charge is 0.342 e. The van der Waals surface area contributed by atoms with Crippen LogP contribution in [0.5, 0.6) is 0 Å². The Morgan fingerprint density at radius 1 is 0.966 bits per heavy atom. The Morgan fingerprint density at radius 3 is 2.34 bits per heavy atom. The summed E-state index contributed by atoms with van der Waals surface area (Å²) in [5.41, 5.74) is 2.08. The lowest BCUT2D eigenvalue weighted by Crippen LogP contribution is -2.47. The molecule has 0 bridgehead atoms. The fourth-order valence-electron chi connectivity index (χ4n) is 4.57. The third kappa shape index (κ3) is 4.86. The average Bonchev–Trinajstić information content (AvgIpc) is 3.26. The highest BCUT2D eigenvalue weighted by Gasteiger charge is 2.31.